The number of benzene rings is 1. The van der Waals surface area contributed by atoms with Crippen LogP contribution in [0, 0.1) is 11.6 Å². The van der Waals surface area contributed by atoms with Crippen LogP contribution in [0.3, 0.4) is 0 Å². The van der Waals surface area contributed by atoms with Crippen LogP contribution in [-0.2, 0) is 16.0 Å². The summed E-state index contributed by atoms with van der Waals surface area (Å²) in [5.41, 5.74) is 4.67. The van der Waals surface area contributed by atoms with Crippen molar-refractivity contribution in [1.29, 1.82) is 0 Å². The van der Waals surface area contributed by atoms with Crippen molar-refractivity contribution in [3.63, 3.8) is 0 Å². The van der Waals surface area contributed by atoms with Crippen LogP contribution in [0.15, 0.2) is 33.1 Å². The van der Waals surface area contributed by atoms with Crippen LogP contribution in [0.2, 0.25) is 0 Å². The molecule has 0 atom stereocenters. The van der Waals surface area contributed by atoms with Crippen LogP contribution in [0.1, 0.15) is 39.7 Å². The van der Waals surface area contributed by atoms with Crippen LogP contribution in [0.4, 0.5) is 14.5 Å². The Bertz CT molecular complexity index is 1220. The highest BCUT2D eigenvalue weighted by Gasteiger charge is 2.39. The highest BCUT2D eigenvalue weighted by atomic mass is 19.1. The lowest BCUT2D eigenvalue weighted by Gasteiger charge is -2.37. The minimum Gasteiger partial charge on any atom is -0.455 e. The van der Waals surface area contributed by atoms with Gasteiger partial charge in [-0.15, -0.1) is 0 Å². The van der Waals surface area contributed by atoms with Crippen molar-refractivity contribution in [2.45, 2.75) is 25.2 Å². The lowest BCUT2D eigenvalue weighted by atomic mass is 10.0. The van der Waals surface area contributed by atoms with Crippen LogP contribution in [-0.4, -0.2) is 48.8 Å². The number of likely N-dealkylation sites (tertiary alicyclic amines) is 1. The average Bonchev–Trinajstić information content (AvgIpc) is 3.50. The summed E-state index contributed by atoms with van der Waals surface area (Å²) < 4.78 is 50.0. The number of nitrogens with one attached hydrogen (secondary N) is 1. The maximum Gasteiger partial charge on any atom is 0.291 e. The molecule has 2 saturated heterocycles. The zero-order valence-electron chi connectivity index (χ0n) is 17.5. The summed E-state index contributed by atoms with van der Waals surface area (Å²) in [6.45, 7) is 3.21. The predicted molar refractivity (Wildman–Crippen MR) is 110 cm³/mol. The van der Waals surface area contributed by atoms with E-state index in [0.717, 1.165) is 32.0 Å². The van der Waals surface area contributed by atoms with Crippen molar-refractivity contribution in [2.75, 3.05) is 31.6 Å². The molecule has 0 bridgehead atoms. The molecule has 11 heteroatoms. The number of carbonyl (C=O) groups is 2. The van der Waals surface area contributed by atoms with Crippen LogP contribution in [0.25, 0.3) is 11.0 Å². The van der Waals surface area contributed by atoms with Gasteiger partial charge in [0, 0.05) is 32.0 Å². The van der Waals surface area contributed by atoms with Crippen molar-refractivity contribution in [3.8, 4) is 0 Å². The molecule has 5 rings (SSSR count). The Hall–Kier alpha value is -3.28. The van der Waals surface area contributed by atoms with Gasteiger partial charge in [-0.25, -0.2) is 8.78 Å². The fourth-order valence-corrected chi connectivity index (χ4v) is 4.24. The number of primary amides is 1. The smallest absolute Gasteiger partial charge is 0.291 e. The lowest BCUT2D eigenvalue weighted by Crippen LogP contribution is -2.44. The molecule has 3 aromatic rings. The fraction of sp³-hybridized carbons (Fsp3) is 0.364. The number of furan rings is 2. The summed E-state index contributed by atoms with van der Waals surface area (Å²) in [5, 5.41) is 2.30. The van der Waals surface area contributed by atoms with Gasteiger partial charge in [-0.2, -0.15) is 0 Å². The topological polar surface area (TPSA) is 120 Å². The third-order valence-electron chi connectivity index (χ3n) is 5.87. The molecule has 1 spiro atoms. The van der Waals surface area contributed by atoms with E-state index >= 15 is 0 Å². The largest absolute Gasteiger partial charge is 0.455 e. The number of fused-ring (bicyclic) bond motifs is 1. The number of rotatable bonds is 5. The monoisotopic (exact) mass is 461 g/mol. The fourth-order valence-electron chi connectivity index (χ4n) is 4.24. The number of piperidine rings is 1. The van der Waals surface area contributed by atoms with E-state index in [1.54, 1.807) is 6.07 Å². The van der Waals surface area contributed by atoms with Crippen LogP contribution >= 0.6 is 0 Å². The molecular formula is C22H21F2N3O6. The Morgan fingerprint density at radius 2 is 1.82 bits per heavy atom. The maximum atomic E-state index is 14.0. The predicted octanol–water partition coefficient (Wildman–Crippen LogP) is 2.99. The second kappa shape index (κ2) is 8.25. The molecule has 2 aliphatic heterocycles. The van der Waals surface area contributed by atoms with Gasteiger partial charge in [0.2, 0.25) is 5.76 Å². The summed E-state index contributed by atoms with van der Waals surface area (Å²) in [4.78, 5) is 26.6. The van der Waals surface area contributed by atoms with Crippen molar-refractivity contribution >= 4 is 28.5 Å². The molecule has 4 heterocycles. The molecule has 2 fully saturated rings. The SMILES string of the molecule is NC(=O)c1oc2c(F)cc(F)cc2c1NC(=O)c1ccc(CN2CCC3(CC2)OCCO3)o1. The van der Waals surface area contributed by atoms with Gasteiger partial charge in [-0.05, 0) is 18.2 Å². The molecule has 2 aromatic heterocycles. The van der Waals surface area contributed by atoms with Gasteiger partial charge < -0.3 is 29.4 Å². The Morgan fingerprint density at radius 3 is 2.52 bits per heavy atom. The molecular weight excluding hydrogens is 440 g/mol. The molecule has 9 nitrogen and oxygen atoms in total. The summed E-state index contributed by atoms with van der Waals surface area (Å²) in [6, 6.07) is 4.70. The Morgan fingerprint density at radius 1 is 1.09 bits per heavy atom. The second-order valence-corrected chi connectivity index (χ2v) is 8.04. The number of nitrogens with two attached hydrogens (primary N) is 1. The number of anilines is 1. The van der Waals surface area contributed by atoms with E-state index in [9.17, 15) is 18.4 Å². The van der Waals surface area contributed by atoms with E-state index in [1.807, 2.05) is 0 Å². The second-order valence-electron chi connectivity index (χ2n) is 8.04. The Balaban J connectivity index is 1.30. The average molecular weight is 461 g/mol. The van der Waals surface area contributed by atoms with Crippen molar-refractivity contribution in [2.24, 2.45) is 5.73 Å². The normalized spacial score (nSPS) is 18.2. The molecule has 33 heavy (non-hydrogen) atoms. The summed E-state index contributed by atoms with van der Waals surface area (Å²) in [5.74, 6) is -4.13. The van der Waals surface area contributed by atoms with Crippen LogP contribution < -0.4 is 11.1 Å². The number of halogens is 2. The number of ether oxygens (including phenoxy) is 2. The highest BCUT2D eigenvalue weighted by Crippen LogP contribution is 2.34. The van der Waals surface area contributed by atoms with E-state index < -0.39 is 40.6 Å². The zero-order chi connectivity index (χ0) is 23.2. The summed E-state index contributed by atoms with van der Waals surface area (Å²) >= 11 is 0. The Kier molecular flexibility index (Phi) is 5.39. The number of amides is 2. The molecule has 0 saturated carbocycles. The molecule has 3 N–H and O–H groups in total. The maximum absolute atomic E-state index is 14.0. The first-order valence-corrected chi connectivity index (χ1v) is 10.5. The Labute approximate surface area is 186 Å². The molecule has 174 valence electrons. The summed E-state index contributed by atoms with van der Waals surface area (Å²) in [6.07, 6.45) is 1.50. The first-order valence-electron chi connectivity index (χ1n) is 10.5. The minimum atomic E-state index is -1.04. The molecule has 2 aliphatic rings. The number of hydrogen-bond acceptors (Lipinski definition) is 7. The lowest BCUT2D eigenvalue weighted by molar-refractivity contribution is -0.186. The van der Waals surface area contributed by atoms with Gasteiger partial charge >= 0.3 is 0 Å². The first-order chi connectivity index (χ1) is 15.8. The minimum absolute atomic E-state index is 0.0393. The van der Waals surface area contributed by atoms with Gasteiger partial charge in [-0.3, -0.25) is 14.5 Å². The van der Waals surface area contributed by atoms with Gasteiger partial charge in [-0.1, -0.05) is 0 Å². The summed E-state index contributed by atoms with van der Waals surface area (Å²) in [7, 11) is 0. The van der Waals surface area contributed by atoms with Gasteiger partial charge in [0.05, 0.1) is 25.1 Å². The van der Waals surface area contributed by atoms with Crippen molar-refractivity contribution in [1.82, 2.24) is 4.90 Å². The molecule has 2 amide bonds. The molecule has 0 aliphatic carbocycles. The zero-order valence-corrected chi connectivity index (χ0v) is 17.5. The van der Waals surface area contributed by atoms with Crippen molar-refractivity contribution in [3.05, 3.63) is 53.2 Å². The van der Waals surface area contributed by atoms with Gasteiger partial charge in [0.15, 0.2) is 22.9 Å². The number of hydrogen-bond donors (Lipinski definition) is 2. The quantitative estimate of drug-likeness (QED) is 0.599. The van der Waals surface area contributed by atoms with Crippen molar-refractivity contribution < 1.29 is 36.7 Å². The first kappa shape index (κ1) is 21.6. The third kappa shape index (κ3) is 4.10. The third-order valence-corrected chi connectivity index (χ3v) is 5.87. The van der Waals surface area contributed by atoms with Crippen LogP contribution in [0.5, 0.6) is 0 Å². The van der Waals surface area contributed by atoms with Gasteiger partial charge in [0.1, 0.15) is 17.3 Å². The van der Waals surface area contributed by atoms with E-state index in [1.165, 1.54) is 6.07 Å². The van der Waals surface area contributed by atoms with E-state index in [-0.39, 0.29) is 16.8 Å². The number of carbonyl (C=O) groups excluding carboxylic acids is 2. The van der Waals surface area contributed by atoms with E-state index in [4.69, 9.17) is 24.0 Å². The highest BCUT2D eigenvalue weighted by molar-refractivity contribution is 6.13. The molecule has 0 unspecified atom stereocenters. The van der Waals surface area contributed by atoms with E-state index in [0.29, 0.717) is 31.6 Å². The molecule has 1 aromatic carbocycles. The standard InChI is InChI=1S/C22H21F2N3O6/c23-12-9-14-17(19(20(25)28)33-18(14)15(24)10-12)26-21(29)16-2-1-13(32-16)11-27-5-3-22(4-6-27)30-7-8-31-22/h1-2,9-10H,3-8,11H2,(H2,25,28)(H,26,29). The van der Waals surface area contributed by atoms with Gasteiger partial charge in [0.25, 0.3) is 11.8 Å². The molecule has 0 radical (unpaired) electrons. The number of nitrogens with zero attached hydrogens (tertiary/aromatic N) is 1. The van der Waals surface area contributed by atoms with E-state index in [2.05, 4.69) is 10.2 Å².